The van der Waals surface area contributed by atoms with Crippen molar-refractivity contribution in [2.24, 2.45) is 5.92 Å². The number of benzene rings is 2. The van der Waals surface area contributed by atoms with E-state index in [1.165, 1.54) is 0 Å². The van der Waals surface area contributed by atoms with Gasteiger partial charge in [0.25, 0.3) is 0 Å². The van der Waals surface area contributed by atoms with Crippen LogP contribution in [0.4, 0.5) is 13.2 Å². The van der Waals surface area contributed by atoms with Crippen LogP contribution in [0.15, 0.2) is 53.4 Å². The molecule has 0 aliphatic carbocycles. The summed E-state index contributed by atoms with van der Waals surface area (Å²) in [4.78, 5) is 12.0. The van der Waals surface area contributed by atoms with Crippen LogP contribution in [0.2, 0.25) is 0 Å². The molecule has 0 unspecified atom stereocenters. The number of methoxy groups -OCH3 is 1. The number of ether oxygens (including phenoxy) is 2. The van der Waals surface area contributed by atoms with Crippen molar-refractivity contribution < 1.29 is 35.9 Å². The fraction of sp³-hybridized carbons (Fsp3) is 0.409. The summed E-state index contributed by atoms with van der Waals surface area (Å²) in [5.41, 5.74) is -1.02. The number of hydrogen-bond acceptors (Lipinski definition) is 5. The third-order valence-electron chi connectivity index (χ3n) is 5.35. The number of hydrogen-bond donors (Lipinski definition) is 1. The summed E-state index contributed by atoms with van der Waals surface area (Å²) in [7, 11) is -2.51. The molecule has 0 radical (unpaired) electrons. The van der Waals surface area contributed by atoms with Gasteiger partial charge in [-0.3, -0.25) is 4.79 Å². The number of sulfonamides is 1. The van der Waals surface area contributed by atoms with Gasteiger partial charge in [-0.05, 0) is 55.3 Å². The molecule has 0 saturated carbocycles. The van der Waals surface area contributed by atoms with Crippen molar-refractivity contribution in [2.75, 3.05) is 33.4 Å². The van der Waals surface area contributed by atoms with Crippen LogP contribution in [0.1, 0.15) is 18.4 Å². The minimum absolute atomic E-state index is 0.0546. The Morgan fingerprint density at radius 3 is 2.33 bits per heavy atom. The smallest absolute Gasteiger partial charge is 0.416 e. The van der Waals surface area contributed by atoms with Gasteiger partial charge in [0.1, 0.15) is 18.1 Å². The zero-order chi connectivity index (χ0) is 24.1. The first-order valence-electron chi connectivity index (χ1n) is 10.3. The van der Waals surface area contributed by atoms with Crippen LogP contribution < -0.4 is 14.8 Å². The normalized spacial score (nSPS) is 15.8. The molecule has 0 aromatic heterocycles. The fourth-order valence-electron chi connectivity index (χ4n) is 3.50. The lowest BCUT2D eigenvalue weighted by Crippen LogP contribution is -2.43. The van der Waals surface area contributed by atoms with Crippen LogP contribution >= 0.6 is 0 Å². The van der Waals surface area contributed by atoms with Gasteiger partial charge in [-0.15, -0.1) is 0 Å². The molecule has 0 spiro atoms. The van der Waals surface area contributed by atoms with Crippen molar-refractivity contribution >= 4 is 15.9 Å². The van der Waals surface area contributed by atoms with E-state index in [9.17, 15) is 26.4 Å². The Kier molecular flexibility index (Phi) is 7.85. The van der Waals surface area contributed by atoms with Gasteiger partial charge in [0.2, 0.25) is 15.9 Å². The quantitative estimate of drug-likeness (QED) is 0.579. The van der Waals surface area contributed by atoms with Gasteiger partial charge in [0.05, 0.1) is 24.1 Å². The van der Waals surface area contributed by atoms with Crippen molar-refractivity contribution in [3.05, 3.63) is 54.1 Å². The lowest BCUT2D eigenvalue weighted by atomic mass is 9.97. The van der Waals surface area contributed by atoms with Gasteiger partial charge in [-0.25, -0.2) is 8.42 Å². The van der Waals surface area contributed by atoms with E-state index in [0.717, 1.165) is 22.5 Å². The monoisotopic (exact) mass is 486 g/mol. The average Bonchev–Trinajstić information content (AvgIpc) is 2.81. The molecule has 33 heavy (non-hydrogen) atoms. The Morgan fingerprint density at radius 2 is 1.73 bits per heavy atom. The van der Waals surface area contributed by atoms with Crippen LogP contribution in [0, 0.1) is 5.92 Å². The van der Waals surface area contributed by atoms with Crippen LogP contribution in [0.5, 0.6) is 11.5 Å². The molecule has 1 aliphatic rings. The molecule has 180 valence electrons. The molecule has 11 heteroatoms. The minimum Gasteiger partial charge on any atom is -0.497 e. The van der Waals surface area contributed by atoms with E-state index in [-0.39, 0.29) is 50.9 Å². The van der Waals surface area contributed by atoms with E-state index >= 15 is 0 Å². The molecule has 2 aromatic rings. The number of piperidine rings is 1. The van der Waals surface area contributed by atoms with Gasteiger partial charge in [0.15, 0.2) is 0 Å². The fourth-order valence-corrected chi connectivity index (χ4v) is 5.02. The largest absolute Gasteiger partial charge is 0.497 e. The van der Waals surface area contributed by atoms with Crippen molar-refractivity contribution in [1.82, 2.24) is 9.62 Å². The van der Waals surface area contributed by atoms with E-state index in [0.29, 0.717) is 17.6 Å². The first-order chi connectivity index (χ1) is 15.6. The maximum absolute atomic E-state index is 12.9. The number of carbonyl (C=O) groups is 1. The molecule has 0 atom stereocenters. The van der Waals surface area contributed by atoms with Crippen molar-refractivity contribution in [3.8, 4) is 11.5 Å². The van der Waals surface area contributed by atoms with Crippen molar-refractivity contribution in [1.29, 1.82) is 0 Å². The summed E-state index contributed by atoms with van der Waals surface area (Å²) in [6.07, 6.45) is -4.07. The third-order valence-corrected chi connectivity index (χ3v) is 7.25. The van der Waals surface area contributed by atoms with Gasteiger partial charge >= 0.3 is 6.18 Å². The number of alkyl halides is 3. The third kappa shape index (κ3) is 6.38. The van der Waals surface area contributed by atoms with E-state index in [2.05, 4.69) is 5.32 Å². The Balaban J connectivity index is 1.47. The number of halogens is 3. The molecule has 1 N–H and O–H groups in total. The summed E-state index contributed by atoms with van der Waals surface area (Å²) in [6.45, 7) is 0.659. The molecule has 1 fully saturated rings. The second-order valence-electron chi connectivity index (χ2n) is 7.52. The summed E-state index contributed by atoms with van der Waals surface area (Å²) < 4.78 is 76.0. The highest BCUT2D eigenvalue weighted by Crippen LogP contribution is 2.32. The number of carbonyl (C=O) groups excluding carboxylic acids is 1. The molecule has 2 aromatic carbocycles. The van der Waals surface area contributed by atoms with Gasteiger partial charge in [-0.2, -0.15) is 17.5 Å². The van der Waals surface area contributed by atoms with Crippen LogP contribution in [-0.2, 0) is 21.0 Å². The SMILES string of the molecule is COc1ccc(OCCNC(=O)C2CCN(S(=O)(=O)c3cccc(C(F)(F)F)c3)CC2)cc1. The Bertz CT molecular complexity index is 1050. The van der Waals surface area contributed by atoms with Crippen LogP contribution in [0.25, 0.3) is 0 Å². The molecular weight excluding hydrogens is 461 g/mol. The zero-order valence-corrected chi connectivity index (χ0v) is 18.8. The summed E-state index contributed by atoms with van der Waals surface area (Å²) in [6, 6.07) is 10.7. The first kappa shape index (κ1) is 24.8. The van der Waals surface area contributed by atoms with E-state index in [1.54, 1.807) is 31.4 Å². The lowest BCUT2D eigenvalue weighted by Gasteiger charge is -2.30. The highest BCUT2D eigenvalue weighted by molar-refractivity contribution is 7.89. The standard InChI is InChI=1S/C22H25F3N2O5S/c1-31-18-5-7-19(8-6-18)32-14-11-26-21(28)16-9-12-27(13-10-16)33(29,30)20-4-2-3-17(15-20)22(23,24)25/h2-8,15-16H,9-14H2,1H3,(H,26,28). The number of nitrogens with one attached hydrogen (secondary N) is 1. The highest BCUT2D eigenvalue weighted by atomic mass is 32.2. The maximum Gasteiger partial charge on any atom is 0.416 e. The van der Waals surface area contributed by atoms with Crippen molar-refractivity contribution in [3.63, 3.8) is 0 Å². The molecule has 3 rings (SSSR count). The van der Waals surface area contributed by atoms with Gasteiger partial charge in [0, 0.05) is 19.0 Å². The van der Waals surface area contributed by atoms with Crippen LogP contribution in [-0.4, -0.2) is 52.0 Å². The summed E-state index contributed by atoms with van der Waals surface area (Å²) in [5.74, 6) is 0.763. The second-order valence-corrected chi connectivity index (χ2v) is 9.46. The van der Waals surface area contributed by atoms with E-state index in [1.807, 2.05) is 0 Å². The minimum atomic E-state index is -4.63. The molecule has 1 aliphatic heterocycles. The number of amides is 1. The molecule has 1 saturated heterocycles. The van der Waals surface area contributed by atoms with Crippen molar-refractivity contribution in [2.45, 2.75) is 23.9 Å². The Morgan fingerprint density at radius 1 is 1.09 bits per heavy atom. The predicted octanol–water partition coefficient (Wildman–Crippen LogP) is 3.31. The number of rotatable bonds is 8. The predicted molar refractivity (Wildman–Crippen MR) is 114 cm³/mol. The molecular formula is C22H25F3N2O5S. The van der Waals surface area contributed by atoms with E-state index in [4.69, 9.17) is 9.47 Å². The van der Waals surface area contributed by atoms with Crippen LogP contribution in [0.3, 0.4) is 0 Å². The second kappa shape index (κ2) is 10.4. The van der Waals surface area contributed by atoms with Gasteiger partial charge in [-0.1, -0.05) is 6.07 Å². The average molecular weight is 487 g/mol. The maximum atomic E-state index is 12.9. The van der Waals surface area contributed by atoms with E-state index < -0.39 is 26.7 Å². The number of nitrogens with zero attached hydrogens (tertiary/aromatic N) is 1. The zero-order valence-electron chi connectivity index (χ0n) is 18.0. The molecule has 1 heterocycles. The lowest BCUT2D eigenvalue weighted by molar-refractivity contribution is -0.137. The Hall–Kier alpha value is -2.79. The Labute approximate surface area is 190 Å². The molecule has 1 amide bonds. The molecule has 7 nitrogen and oxygen atoms in total. The van der Waals surface area contributed by atoms with Gasteiger partial charge < -0.3 is 14.8 Å². The summed E-state index contributed by atoms with van der Waals surface area (Å²) in [5, 5.41) is 2.77. The first-order valence-corrected chi connectivity index (χ1v) is 11.8. The topological polar surface area (TPSA) is 84.9 Å². The highest BCUT2D eigenvalue weighted by Gasteiger charge is 2.35. The summed E-state index contributed by atoms with van der Waals surface area (Å²) >= 11 is 0. The molecule has 0 bridgehead atoms.